The normalized spacial score (nSPS) is 12.5. The van der Waals surface area contributed by atoms with Crippen LogP contribution < -0.4 is 0 Å². The first-order valence-corrected chi connectivity index (χ1v) is 8.00. The van der Waals surface area contributed by atoms with E-state index in [1.54, 1.807) is 0 Å². The Morgan fingerprint density at radius 3 is 2.16 bits per heavy atom. The largest absolute Gasteiger partial charge is 0.207 e. The zero-order valence-corrected chi connectivity index (χ0v) is 14.4. The standard InChI is InChI=1S/C14H9Br3F2/c15-10-3-9(4-11(16)6-10)13(17)5-8-1-2-12(18)7-14(8)19/h1-4,6-7,13H,5H2. The average Bonchev–Trinajstić information content (AvgIpc) is 2.31. The van der Waals surface area contributed by atoms with E-state index in [-0.39, 0.29) is 4.83 Å². The van der Waals surface area contributed by atoms with E-state index in [1.807, 2.05) is 18.2 Å². The maximum Gasteiger partial charge on any atom is 0.129 e. The number of hydrogen-bond donors (Lipinski definition) is 0. The summed E-state index contributed by atoms with van der Waals surface area (Å²) in [5.41, 5.74) is 1.50. The van der Waals surface area contributed by atoms with Crippen LogP contribution in [0.25, 0.3) is 0 Å². The predicted octanol–water partition coefficient (Wildman–Crippen LogP) is 6.17. The van der Waals surface area contributed by atoms with Gasteiger partial charge >= 0.3 is 0 Å². The fourth-order valence-electron chi connectivity index (χ4n) is 1.75. The molecule has 5 heteroatoms. The molecule has 1 atom stereocenters. The summed E-state index contributed by atoms with van der Waals surface area (Å²) in [6.45, 7) is 0. The van der Waals surface area contributed by atoms with Gasteiger partial charge in [0.25, 0.3) is 0 Å². The van der Waals surface area contributed by atoms with Crippen molar-refractivity contribution in [3.63, 3.8) is 0 Å². The fraction of sp³-hybridized carbons (Fsp3) is 0.143. The van der Waals surface area contributed by atoms with Crippen molar-refractivity contribution in [1.82, 2.24) is 0 Å². The quantitative estimate of drug-likeness (QED) is 0.486. The Morgan fingerprint density at radius 1 is 0.947 bits per heavy atom. The summed E-state index contributed by atoms with van der Waals surface area (Å²) in [6.07, 6.45) is 0.453. The molecular weight excluding hydrogens is 446 g/mol. The molecule has 0 nitrogen and oxygen atoms in total. The third kappa shape index (κ3) is 4.10. The molecule has 0 saturated carbocycles. The first-order valence-electron chi connectivity index (χ1n) is 5.49. The molecule has 0 aliphatic heterocycles. The smallest absolute Gasteiger partial charge is 0.129 e. The van der Waals surface area contributed by atoms with E-state index < -0.39 is 11.6 Å². The molecule has 19 heavy (non-hydrogen) atoms. The van der Waals surface area contributed by atoms with Gasteiger partial charge in [-0.1, -0.05) is 53.9 Å². The molecule has 0 spiro atoms. The Kier molecular flexibility index (Phi) is 5.15. The SMILES string of the molecule is Fc1ccc(CC(Br)c2cc(Br)cc(Br)c2)c(F)c1. The minimum atomic E-state index is -0.558. The molecule has 2 aromatic carbocycles. The molecule has 0 N–H and O–H groups in total. The molecule has 2 aromatic rings. The number of rotatable bonds is 3. The van der Waals surface area contributed by atoms with E-state index in [0.29, 0.717) is 12.0 Å². The second kappa shape index (κ2) is 6.46. The minimum absolute atomic E-state index is 0.0405. The van der Waals surface area contributed by atoms with E-state index in [1.165, 1.54) is 12.1 Å². The monoisotopic (exact) mass is 452 g/mol. The third-order valence-electron chi connectivity index (χ3n) is 2.66. The van der Waals surface area contributed by atoms with Crippen molar-refractivity contribution >= 4 is 47.8 Å². The van der Waals surface area contributed by atoms with Gasteiger partial charge in [0.05, 0.1) is 0 Å². The molecule has 100 valence electrons. The average molecular weight is 455 g/mol. The zero-order chi connectivity index (χ0) is 14.0. The van der Waals surface area contributed by atoms with Gasteiger partial charge < -0.3 is 0 Å². The van der Waals surface area contributed by atoms with Crippen molar-refractivity contribution in [2.75, 3.05) is 0 Å². The van der Waals surface area contributed by atoms with Gasteiger partial charge in [0.2, 0.25) is 0 Å². The second-order valence-corrected chi connectivity index (χ2v) is 7.05. The van der Waals surface area contributed by atoms with Crippen molar-refractivity contribution < 1.29 is 8.78 Å². The van der Waals surface area contributed by atoms with Gasteiger partial charge in [-0.2, -0.15) is 0 Å². The number of alkyl halides is 1. The highest BCUT2D eigenvalue weighted by molar-refractivity contribution is 9.11. The van der Waals surface area contributed by atoms with Crippen LogP contribution in [-0.2, 0) is 6.42 Å². The highest BCUT2D eigenvalue weighted by atomic mass is 79.9. The topological polar surface area (TPSA) is 0 Å². The van der Waals surface area contributed by atoms with Gasteiger partial charge in [-0.25, -0.2) is 8.78 Å². The molecule has 2 rings (SSSR count). The summed E-state index contributed by atoms with van der Waals surface area (Å²) >= 11 is 10.4. The highest BCUT2D eigenvalue weighted by Crippen LogP contribution is 2.32. The lowest BCUT2D eigenvalue weighted by Gasteiger charge is -2.12. The maximum atomic E-state index is 13.6. The predicted molar refractivity (Wildman–Crippen MR) is 83.6 cm³/mol. The van der Waals surface area contributed by atoms with Crippen LogP contribution in [-0.4, -0.2) is 0 Å². The van der Waals surface area contributed by atoms with Gasteiger partial charge in [-0.15, -0.1) is 0 Å². The van der Waals surface area contributed by atoms with E-state index >= 15 is 0 Å². The van der Waals surface area contributed by atoms with Crippen LogP contribution in [0.2, 0.25) is 0 Å². The summed E-state index contributed by atoms with van der Waals surface area (Å²) in [6, 6.07) is 9.52. The molecule has 0 aromatic heterocycles. The summed E-state index contributed by atoms with van der Waals surface area (Å²) in [5.74, 6) is -1.07. The van der Waals surface area contributed by atoms with Crippen LogP contribution in [0.4, 0.5) is 8.78 Å². The van der Waals surface area contributed by atoms with Crippen LogP contribution in [0.5, 0.6) is 0 Å². The molecule has 0 aliphatic carbocycles. The summed E-state index contributed by atoms with van der Waals surface area (Å²) in [7, 11) is 0. The van der Waals surface area contributed by atoms with Crippen LogP contribution in [0, 0.1) is 11.6 Å². The lowest BCUT2D eigenvalue weighted by molar-refractivity contribution is 0.571. The van der Waals surface area contributed by atoms with Crippen molar-refractivity contribution in [2.24, 2.45) is 0 Å². The van der Waals surface area contributed by atoms with E-state index in [9.17, 15) is 8.78 Å². The molecule has 1 unspecified atom stereocenters. The Hall–Kier alpha value is -0.260. The summed E-state index contributed by atoms with van der Waals surface area (Å²) in [5, 5.41) is 0. The summed E-state index contributed by atoms with van der Waals surface area (Å²) < 4.78 is 28.3. The van der Waals surface area contributed by atoms with Crippen LogP contribution >= 0.6 is 47.8 Å². The van der Waals surface area contributed by atoms with Crippen LogP contribution in [0.15, 0.2) is 45.3 Å². The fourth-order valence-corrected chi connectivity index (χ4v) is 3.70. The maximum absolute atomic E-state index is 13.6. The third-order valence-corrected chi connectivity index (χ3v) is 4.43. The molecule has 0 amide bonds. The van der Waals surface area contributed by atoms with Gasteiger partial charge in [0.15, 0.2) is 0 Å². The zero-order valence-electron chi connectivity index (χ0n) is 9.64. The molecule has 0 radical (unpaired) electrons. The first kappa shape index (κ1) is 15.1. The highest BCUT2D eigenvalue weighted by Gasteiger charge is 2.13. The molecule has 0 fully saturated rings. The van der Waals surface area contributed by atoms with Crippen LogP contribution in [0.3, 0.4) is 0 Å². The van der Waals surface area contributed by atoms with E-state index in [2.05, 4.69) is 47.8 Å². The second-order valence-electron chi connectivity index (χ2n) is 4.11. The van der Waals surface area contributed by atoms with Gasteiger partial charge in [-0.3, -0.25) is 0 Å². The number of benzene rings is 2. The van der Waals surface area contributed by atoms with E-state index in [4.69, 9.17) is 0 Å². The van der Waals surface area contributed by atoms with Crippen molar-refractivity contribution in [1.29, 1.82) is 0 Å². The van der Waals surface area contributed by atoms with Crippen molar-refractivity contribution in [2.45, 2.75) is 11.2 Å². The Labute approximate surface area is 135 Å². The van der Waals surface area contributed by atoms with Crippen molar-refractivity contribution in [3.8, 4) is 0 Å². The Balaban J connectivity index is 2.22. The Bertz CT molecular complexity index is 579. The lowest BCUT2D eigenvalue weighted by atomic mass is 10.0. The van der Waals surface area contributed by atoms with E-state index in [0.717, 1.165) is 20.6 Å². The molecule has 0 aliphatic rings. The number of hydrogen-bond acceptors (Lipinski definition) is 0. The van der Waals surface area contributed by atoms with Gasteiger partial charge in [-0.05, 0) is 41.8 Å². The molecular formula is C14H9Br3F2. The van der Waals surface area contributed by atoms with Gasteiger partial charge in [0.1, 0.15) is 11.6 Å². The van der Waals surface area contributed by atoms with Crippen molar-refractivity contribution in [3.05, 3.63) is 68.1 Å². The summed E-state index contributed by atoms with van der Waals surface area (Å²) in [4.78, 5) is -0.0405. The first-order chi connectivity index (χ1) is 8.95. The number of halogens is 5. The van der Waals surface area contributed by atoms with Crippen LogP contribution in [0.1, 0.15) is 16.0 Å². The molecule has 0 bridgehead atoms. The molecule has 0 heterocycles. The lowest BCUT2D eigenvalue weighted by Crippen LogP contribution is -1.99. The van der Waals surface area contributed by atoms with Gasteiger partial charge in [0, 0.05) is 19.8 Å². The molecule has 0 saturated heterocycles. The Morgan fingerprint density at radius 2 is 1.58 bits per heavy atom. The minimum Gasteiger partial charge on any atom is -0.207 e.